The molecule has 64 valence electrons. The van der Waals surface area contributed by atoms with E-state index in [9.17, 15) is 5.11 Å². The Labute approximate surface area is 68.2 Å². The molecule has 2 bridgehead atoms. The maximum absolute atomic E-state index is 9.24. The van der Waals surface area contributed by atoms with Crippen LogP contribution in [0.2, 0.25) is 0 Å². The van der Waals surface area contributed by atoms with Gasteiger partial charge in [-0.2, -0.15) is 0 Å². The highest BCUT2D eigenvalue weighted by atomic mass is 16.3. The fourth-order valence-electron chi connectivity index (χ4n) is 2.60. The summed E-state index contributed by atoms with van der Waals surface area (Å²) in [7, 11) is 2.21. The minimum absolute atomic E-state index is 0.331. The molecule has 11 heavy (non-hydrogen) atoms. The lowest BCUT2D eigenvalue weighted by Crippen LogP contribution is -2.40. The monoisotopic (exact) mass is 155 g/mol. The molecule has 2 rings (SSSR count). The molecule has 1 heterocycles. The van der Waals surface area contributed by atoms with Crippen molar-refractivity contribution in [3.63, 3.8) is 0 Å². The topological polar surface area (TPSA) is 23.5 Å². The van der Waals surface area contributed by atoms with Gasteiger partial charge in [0, 0.05) is 12.6 Å². The van der Waals surface area contributed by atoms with E-state index < -0.39 is 0 Å². The molecule has 2 atom stereocenters. The highest BCUT2D eigenvalue weighted by Gasteiger charge is 2.43. The second-order valence-electron chi connectivity index (χ2n) is 4.29. The van der Waals surface area contributed by atoms with Gasteiger partial charge in [0.1, 0.15) is 0 Å². The number of likely N-dealkylation sites (tertiary alicyclic amines) is 1. The van der Waals surface area contributed by atoms with Gasteiger partial charge in [-0.05, 0) is 44.7 Å². The first-order valence-corrected chi connectivity index (χ1v) is 4.57. The molecule has 0 aromatic carbocycles. The van der Waals surface area contributed by atoms with E-state index in [4.69, 9.17) is 0 Å². The lowest BCUT2D eigenvalue weighted by atomic mass is 9.81. The highest BCUT2D eigenvalue weighted by Crippen LogP contribution is 2.45. The predicted octanol–water partition coefficient (Wildman–Crippen LogP) is 0.853. The van der Waals surface area contributed by atoms with E-state index in [0.29, 0.717) is 12.0 Å². The second-order valence-corrected chi connectivity index (χ2v) is 4.29. The molecule has 0 amide bonds. The van der Waals surface area contributed by atoms with Crippen LogP contribution in [0.3, 0.4) is 0 Å². The fourth-order valence-corrected chi connectivity index (χ4v) is 2.60. The molecular weight excluding hydrogens is 138 g/mol. The summed E-state index contributed by atoms with van der Waals surface area (Å²) in [6.07, 6.45) is 4.99. The molecule has 2 heteroatoms. The van der Waals surface area contributed by atoms with Crippen LogP contribution in [0, 0.1) is 5.41 Å². The minimum atomic E-state index is 0.331. The van der Waals surface area contributed by atoms with Gasteiger partial charge in [-0.15, -0.1) is 0 Å². The molecule has 0 radical (unpaired) electrons. The van der Waals surface area contributed by atoms with Gasteiger partial charge >= 0.3 is 0 Å². The molecule has 0 aromatic rings. The summed E-state index contributed by atoms with van der Waals surface area (Å²) in [5, 5.41) is 9.24. The molecule has 1 N–H and O–H groups in total. The summed E-state index contributed by atoms with van der Waals surface area (Å²) in [5.41, 5.74) is 0.331. The van der Waals surface area contributed by atoms with Crippen LogP contribution in [0.5, 0.6) is 0 Å². The molecule has 0 aromatic heterocycles. The van der Waals surface area contributed by atoms with E-state index in [-0.39, 0.29) is 0 Å². The molecule has 2 aliphatic rings. The van der Waals surface area contributed by atoms with E-state index >= 15 is 0 Å². The van der Waals surface area contributed by atoms with Crippen molar-refractivity contribution in [1.82, 2.24) is 4.90 Å². The fraction of sp³-hybridized carbons (Fsp3) is 1.00. The first-order chi connectivity index (χ1) is 5.26. The van der Waals surface area contributed by atoms with Crippen molar-refractivity contribution in [2.24, 2.45) is 5.41 Å². The molecule has 1 saturated carbocycles. The number of aliphatic hydroxyl groups is 1. The number of hydrogen-bond acceptors (Lipinski definition) is 2. The zero-order valence-electron chi connectivity index (χ0n) is 7.21. The summed E-state index contributed by atoms with van der Waals surface area (Å²) < 4.78 is 0. The summed E-state index contributed by atoms with van der Waals surface area (Å²) in [5.74, 6) is 0. The molecule has 1 aliphatic carbocycles. The number of piperidine rings is 1. The van der Waals surface area contributed by atoms with Crippen LogP contribution in [-0.4, -0.2) is 36.2 Å². The number of hydrogen-bond donors (Lipinski definition) is 1. The molecule has 2 nitrogen and oxygen atoms in total. The maximum Gasteiger partial charge on any atom is 0.0488 e. The Morgan fingerprint density at radius 3 is 3.09 bits per heavy atom. The number of fused-ring (bicyclic) bond motifs is 2. The largest absolute Gasteiger partial charge is 0.396 e. The van der Waals surface area contributed by atoms with Crippen LogP contribution in [0.1, 0.15) is 25.7 Å². The van der Waals surface area contributed by atoms with Gasteiger partial charge in [-0.25, -0.2) is 0 Å². The third-order valence-electron chi connectivity index (χ3n) is 3.63. The Balaban J connectivity index is 2.10. The first-order valence-electron chi connectivity index (χ1n) is 4.57. The molecular formula is C9H17NO. The second kappa shape index (κ2) is 2.46. The van der Waals surface area contributed by atoms with Gasteiger partial charge in [-0.1, -0.05) is 0 Å². The smallest absolute Gasteiger partial charge is 0.0488 e. The molecule has 1 saturated heterocycles. The van der Waals surface area contributed by atoms with Crippen LogP contribution < -0.4 is 0 Å². The molecule has 1 aliphatic heterocycles. The molecule has 2 fully saturated rings. The standard InChI is InChI=1S/C9H17NO/c1-10-5-4-9(7-11)3-2-8(10)6-9/h8,11H,2-7H2,1H3/t8-,9?/m0/s1. The van der Waals surface area contributed by atoms with Crippen molar-refractivity contribution < 1.29 is 5.11 Å². The van der Waals surface area contributed by atoms with Gasteiger partial charge in [0.2, 0.25) is 0 Å². The van der Waals surface area contributed by atoms with Gasteiger partial charge in [0.05, 0.1) is 0 Å². The molecule has 0 spiro atoms. The number of nitrogens with zero attached hydrogens (tertiary/aromatic N) is 1. The maximum atomic E-state index is 9.24. The van der Waals surface area contributed by atoms with Gasteiger partial charge < -0.3 is 10.0 Å². The van der Waals surface area contributed by atoms with Crippen molar-refractivity contribution in [2.45, 2.75) is 31.7 Å². The Kier molecular flexibility index (Phi) is 1.69. The van der Waals surface area contributed by atoms with Gasteiger partial charge in [0.25, 0.3) is 0 Å². The van der Waals surface area contributed by atoms with E-state index in [2.05, 4.69) is 11.9 Å². The van der Waals surface area contributed by atoms with E-state index in [1.54, 1.807) is 0 Å². The summed E-state index contributed by atoms with van der Waals surface area (Å²) in [6, 6.07) is 0.774. The zero-order valence-corrected chi connectivity index (χ0v) is 7.21. The number of aliphatic hydroxyl groups excluding tert-OH is 1. The highest BCUT2D eigenvalue weighted by molar-refractivity contribution is 4.96. The normalized spacial score (nSPS) is 44.7. The molecule has 1 unspecified atom stereocenters. The Morgan fingerprint density at radius 2 is 2.36 bits per heavy atom. The van der Waals surface area contributed by atoms with Crippen molar-refractivity contribution in [2.75, 3.05) is 20.2 Å². The van der Waals surface area contributed by atoms with Crippen molar-refractivity contribution in [3.8, 4) is 0 Å². The van der Waals surface area contributed by atoms with Crippen LogP contribution >= 0.6 is 0 Å². The number of rotatable bonds is 1. The van der Waals surface area contributed by atoms with Gasteiger partial charge in [0.15, 0.2) is 0 Å². The Hall–Kier alpha value is -0.0800. The SMILES string of the molecule is CN1CCC2(CO)CC[C@H]1C2. The van der Waals surface area contributed by atoms with Crippen molar-refractivity contribution in [1.29, 1.82) is 0 Å². The summed E-state index contributed by atoms with van der Waals surface area (Å²) in [4.78, 5) is 2.45. The first kappa shape index (κ1) is 7.56. The Morgan fingerprint density at radius 1 is 1.55 bits per heavy atom. The van der Waals surface area contributed by atoms with E-state index in [1.165, 1.54) is 32.2 Å². The summed E-state index contributed by atoms with van der Waals surface area (Å²) in [6.45, 7) is 1.60. The third-order valence-corrected chi connectivity index (χ3v) is 3.63. The average molecular weight is 155 g/mol. The lowest BCUT2D eigenvalue weighted by molar-refractivity contribution is 0.0665. The average Bonchev–Trinajstić information content (AvgIpc) is 2.40. The van der Waals surface area contributed by atoms with Crippen molar-refractivity contribution in [3.05, 3.63) is 0 Å². The quantitative estimate of drug-likeness (QED) is 0.607. The van der Waals surface area contributed by atoms with Crippen LogP contribution in [0.25, 0.3) is 0 Å². The van der Waals surface area contributed by atoms with Crippen LogP contribution in [-0.2, 0) is 0 Å². The van der Waals surface area contributed by atoms with E-state index in [1.807, 2.05) is 0 Å². The van der Waals surface area contributed by atoms with Crippen molar-refractivity contribution >= 4 is 0 Å². The summed E-state index contributed by atoms with van der Waals surface area (Å²) >= 11 is 0. The third kappa shape index (κ3) is 1.09. The lowest BCUT2D eigenvalue weighted by Gasteiger charge is -2.36. The van der Waals surface area contributed by atoms with Crippen LogP contribution in [0.4, 0.5) is 0 Å². The Bertz CT molecular complexity index is 160. The van der Waals surface area contributed by atoms with E-state index in [0.717, 1.165) is 6.04 Å². The van der Waals surface area contributed by atoms with Gasteiger partial charge in [-0.3, -0.25) is 0 Å². The minimum Gasteiger partial charge on any atom is -0.396 e. The predicted molar refractivity (Wildman–Crippen MR) is 44.4 cm³/mol. The van der Waals surface area contributed by atoms with Crippen LogP contribution in [0.15, 0.2) is 0 Å². The zero-order chi connectivity index (χ0) is 7.90.